The molecule has 3 unspecified atom stereocenters. The normalized spacial score (nSPS) is 15.5. The standard InChI is InChI=1S/C20H50N2O15Si3/c23-18(15-35-6-1-9-38(26,27)28)12-21-4-5-22(13-19(24)16-36-7-2-10-39(29,30)31)14-20(25)17-37-8-3-11-40(32,33)34/h18-21,23-34H,1-17H2. The van der Waals surface area contributed by atoms with Crippen molar-refractivity contribution in [3.05, 3.63) is 0 Å². The molecule has 20 heteroatoms. The van der Waals surface area contributed by atoms with Crippen LogP contribution in [0.3, 0.4) is 0 Å². The lowest BCUT2D eigenvalue weighted by Crippen LogP contribution is -2.44. The molecule has 0 fully saturated rings. The van der Waals surface area contributed by atoms with Gasteiger partial charge in [0.1, 0.15) is 0 Å². The first kappa shape index (κ1) is 40.0. The Bertz CT molecular complexity index is 579. The zero-order chi connectivity index (χ0) is 30.7. The number of nitrogens with zero attached hydrogens (tertiary/aromatic N) is 1. The molecule has 3 atom stereocenters. The number of hydrogen-bond donors (Lipinski definition) is 13. The minimum atomic E-state index is -4.13. The van der Waals surface area contributed by atoms with E-state index in [4.69, 9.17) is 57.4 Å². The fourth-order valence-electron chi connectivity index (χ4n) is 3.42. The highest BCUT2D eigenvalue weighted by atomic mass is 28.4. The zero-order valence-electron chi connectivity index (χ0n) is 22.8. The summed E-state index contributed by atoms with van der Waals surface area (Å²) in [4.78, 5) is 82.6. The van der Waals surface area contributed by atoms with E-state index in [0.29, 0.717) is 13.1 Å². The summed E-state index contributed by atoms with van der Waals surface area (Å²) >= 11 is 0. The van der Waals surface area contributed by atoms with Gasteiger partial charge in [-0.15, -0.1) is 0 Å². The second kappa shape index (κ2) is 21.6. The second-order valence-electron chi connectivity index (χ2n) is 9.78. The van der Waals surface area contributed by atoms with Crippen molar-refractivity contribution >= 4 is 26.4 Å². The van der Waals surface area contributed by atoms with Crippen molar-refractivity contribution in [2.75, 3.05) is 72.4 Å². The molecule has 0 saturated heterocycles. The zero-order valence-corrected chi connectivity index (χ0v) is 25.8. The monoisotopic (exact) mass is 642 g/mol. The number of aliphatic hydroxyl groups is 3. The van der Waals surface area contributed by atoms with Crippen molar-refractivity contribution in [2.24, 2.45) is 0 Å². The van der Waals surface area contributed by atoms with Crippen LogP contribution in [0.5, 0.6) is 0 Å². The molecule has 40 heavy (non-hydrogen) atoms. The third kappa shape index (κ3) is 29.5. The Balaban J connectivity index is 4.45. The quantitative estimate of drug-likeness (QED) is 0.0293. The summed E-state index contributed by atoms with van der Waals surface area (Å²) in [6.45, 7) is 1.37. The van der Waals surface area contributed by atoms with Crippen molar-refractivity contribution in [2.45, 2.75) is 55.7 Å². The molecule has 0 rings (SSSR count). The lowest BCUT2D eigenvalue weighted by Gasteiger charge is -2.27. The first-order valence-electron chi connectivity index (χ1n) is 13.2. The summed E-state index contributed by atoms with van der Waals surface area (Å²) in [6.07, 6.45) is -2.08. The summed E-state index contributed by atoms with van der Waals surface area (Å²) in [5.41, 5.74) is 0. The third-order valence-electron chi connectivity index (χ3n) is 5.26. The Morgan fingerprint density at radius 1 is 0.550 bits per heavy atom. The van der Waals surface area contributed by atoms with Gasteiger partial charge >= 0.3 is 26.4 Å². The maximum Gasteiger partial charge on any atom is 0.492 e. The molecule has 0 bridgehead atoms. The van der Waals surface area contributed by atoms with Crippen LogP contribution >= 0.6 is 0 Å². The number of aliphatic hydroxyl groups excluding tert-OH is 3. The molecule has 0 heterocycles. The number of ether oxygens (including phenoxy) is 3. The third-order valence-corrected chi connectivity index (χ3v) is 8.33. The molecular formula is C20H50N2O15Si3. The van der Waals surface area contributed by atoms with Gasteiger partial charge in [-0.2, -0.15) is 0 Å². The van der Waals surface area contributed by atoms with E-state index in [0.717, 1.165) is 0 Å². The van der Waals surface area contributed by atoms with E-state index in [1.54, 1.807) is 4.90 Å². The van der Waals surface area contributed by atoms with Gasteiger partial charge in [0.25, 0.3) is 0 Å². The van der Waals surface area contributed by atoms with Gasteiger partial charge in [0.2, 0.25) is 0 Å². The molecule has 0 amide bonds. The molecule has 0 aromatic carbocycles. The molecule has 13 N–H and O–H groups in total. The molecule has 0 aliphatic carbocycles. The van der Waals surface area contributed by atoms with Gasteiger partial charge in [-0.05, 0) is 19.3 Å². The van der Waals surface area contributed by atoms with Gasteiger partial charge in [-0.25, -0.2) is 0 Å². The number of hydrogen-bond acceptors (Lipinski definition) is 17. The van der Waals surface area contributed by atoms with E-state index in [2.05, 4.69) is 5.32 Å². The maximum atomic E-state index is 10.3. The average Bonchev–Trinajstić information content (AvgIpc) is 2.78. The van der Waals surface area contributed by atoms with Crippen LogP contribution in [-0.4, -0.2) is 180 Å². The van der Waals surface area contributed by atoms with Crippen LogP contribution in [0, 0.1) is 0 Å². The van der Waals surface area contributed by atoms with Gasteiger partial charge in [-0.3, -0.25) is 4.90 Å². The Morgan fingerprint density at radius 2 is 0.900 bits per heavy atom. The highest BCUT2D eigenvalue weighted by molar-refractivity contribution is 6.56. The molecule has 0 aromatic rings. The van der Waals surface area contributed by atoms with Crippen molar-refractivity contribution in [3.63, 3.8) is 0 Å². The van der Waals surface area contributed by atoms with E-state index in [-0.39, 0.29) is 96.7 Å². The SMILES string of the molecule is OC(CNCCN(CC(O)COCCC[Si](O)(O)O)CC(O)COCCC[Si](O)(O)O)COCCC[Si](O)(O)O. The largest absolute Gasteiger partial charge is 0.492 e. The van der Waals surface area contributed by atoms with E-state index >= 15 is 0 Å². The fraction of sp³-hybridized carbons (Fsp3) is 1.00. The Morgan fingerprint density at radius 3 is 1.25 bits per heavy atom. The first-order valence-corrected chi connectivity index (χ1v) is 19.3. The highest BCUT2D eigenvalue weighted by Crippen LogP contribution is 2.05. The predicted octanol–water partition coefficient (Wildman–Crippen LogP) is -6.07. The summed E-state index contributed by atoms with van der Waals surface area (Å²) in [5.74, 6) is 0. The molecule has 0 saturated carbocycles. The average molecular weight is 643 g/mol. The van der Waals surface area contributed by atoms with E-state index in [1.807, 2.05) is 0 Å². The first-order chi connectivity index (χ1) is 18.5. The molecule has 242 valence electrons. The number of nitrogens with one attached hydrogen (secondary N) is 1. The second-order valence-corrected chi connectivity index (χ2v) is 15.9. The summed E-state index contributed by atoms with van der Waals surface area (Å²) < 4.78 is 15.9. The minimum Gasteiger partial charge on any atom is -0.390 e. The smallest absolute Gasteiger partial charge is 0.390 e. The lowest BCUT2D eigenvalue weighted by molar-refractivity contribution is -0.0104. The van der Waals surface area contributed by atoms with Crippen LogP contribution in [0.4, 0.5) is 0 Å². The Labute approximate surface area is 237 Å². The van der Waals surface area contributed by atoms with Crippen LogP contribution in [0.2, 0.25) is 18.1 Å². The van der Waals surface area contributed by atoms with Crippen molar-refractivity contribution in [1.82, 2.24) is 10.2 Å². The van der Waals surface area contributed by atoms with Gasteiger partial charge in [0, 0.05) is 70.7 Å². The molecule has 0 aliphatic heterocycles. The molecule has 0 aliphatic rings. The maximum absolute atomic E-state index is 10.3. The topological polar surface area (TPSA) is 286 Å². The summed E-state index contributed by atoms with van der Waals surface area (Å²) in [6, 6.07) is -0.520. The van der Waals surface area contributed by atoms with E-state index in [9.17, 15) is 15.3 Å². The fourth-order valence-corrected chi connectivity index (χ4v) is 5.27. The van der Waals surface area contributed by atoms with Crippen LogP contribution in [0.25, 0.3) is 0 Å². The van der Waals surface area contributed by atoms with Crippen LogP contribution in [0.15, 0.2) is 0 Å². The summed E-state index contributed by atoms with van der Waals surface area (Å²) in [5, 5.41) is 33.7. The van der Waals surface area contributed by atoms with Crippen LogP contribution < -0.4 is 5.32 Å². The lowest BCUT2D eigenvalue weighted by atomic mass is 10.2. The van der Waals surface area contributed by atoms with E-state index in [1.165, 1.54) is 0 Å². The molecule has 0 radical (unpaired) electrons. The minimum absolute atomic E-state index is 0.00142. The molecule has 0 spiro atoms. The highest BCUT2D eigenvalue weighted by Gasteiger charge is 2.27. The van der Waals surface area contributed by atoms with Gasteiger partial charge in [0.05, 0.1) is 38.1 Å². The molecule has 17 nitrogen and oxygen atoms in total. The van der Waals surface area contributed by atoms with Gasteiger partial charge < -0.3 is 78.0 Å². The number of rotatable bonds is 27. The van der Waals surface area contributed by atoms with Crippen molar-refractivity contribution < 1.29 is 72.7 Å². The Kier molecular flexibility index (Phi) is 21.6. The van der Waals surface area contributed by atoms with Crippen molar-refractivity contribution in [3.8, 4) is 0 Å². The molecular weight excluding hydrogens is 592 g/mol. The van der Waals surface area contributed by atoms with E-state index < -0.39 is 44.7 Å². The van der Waals surface area contributed by atoms with Crippen LogP contribution in [-0.2, 0) is 14.2 Å². The summed E-state index contributed by atoms with van der Waals surface area (Å²) in [7, 11) is -12.4. The predicted molar refractivity (Wildman–Crippen MR) is 145 cm³/mol. The van der Waals surface area contributed by atoms with Crippen molar-refractivity contribution in [1.29, 1.82) is 0 Å². The van der Waals surface area contributed by atoms with Gasteiger partial charge in [0.15, 0.2) is 0 Å². The van der Waals surface area contributed by atoms with Crippen LogP contribution in [0.1, 0.15) is 19.3 Å². The Hall–Kier alpha value is -0.0294. The van der Waals surface area contributed by atoms with Gasteiger partial charge in [-0.1, -0.05) is 0 Å². The molecule has 0 aromatic heterocycles.